The zero-order valence-electron chi connectivity index (χ0n) is 16.0. The van der Waals surface area contributed by atoms with Gasteiger partial charge in [0.15, 0.2) is 9.84 Å². The first-order valence-corrected chi connectivity index (χ1v) is 11.1. The lowest BCUT2D eigenvalue weighted by Gasteiger charge is -2.12. The SMILES string of the molecule is COc1ccc(-n2nc3c(c2NC(=O)c2cc(Cl)ccc2[N+](=O)[O-])CS(=O)(=O)C3)cc1. The molecule has 0 saturated heterocycles. The monoisotopic (exact) mass is 462 g/mol. The number of methoxy groups -OCH3 is 1. The summed E-state index contributed by atoms with van der Waals surface area (Å²) in [5.41, 5.74) is 0.514. The van der Waals surface area contributed by atoms with Crippen molar-refractivity contribution in [1.29, 1.82) is 0 Å². The molecule has 12 heteroatoms. The van der Waals surface area contributed by atoms with Crippen molar-refractivity contribution in [2.24, 2.45) is 0 Å². The van der Waals surface area contributed by atoms with E-state index in [1.807, 2.05) is 0 Å². The molecule has 1 aliphatic heterocycles. The second-order valence-corrected chi connectivity index (χ2v) is 9.29. The van der Waals surface area contributed by atoms with Crippen LogP contribution < -0.4 is 10.1 Å². The lowest BCUT2D eigenvalue weighted by atomic mass is 10.1. The Morgan fingerprint density at radius 3 is 2.58 bits per heavy atom. The summed E-state index contributed by atoms with van der Waals surface area (Å²) in [5.74, 6) is -0.639. The van der Waals surface area contributed by atoms with Crippen LogP contribution in [0.1, 0.15) is 21.6 Å². The van der Waals surface area contributed by atoms with Crippen LogP contribution in [0.5, 0.6) is 5.75 Å². The Morgan fingerprint density at radius 1 is 1.23 bits per heavy atom. The van der Waals surface area contributed by atoms with Gasteiger partial charge in [-0.25, -0.2) is 13.1 Å². The zero-order chi connectivity index (χ0) is 22.3. The normalized spacial score (nSPS) is 14.1. The average molecular weight is 463 g/mol. The maximum atomic E-state index is 12.9. The highest BCUT2D eigenvalue weighted by atomic mass is 35.5. The molecular weight excluding hydrogens is 448 g/mol. The third-order valence-corrected chi connectivity index (χ3v) is 6.41. The van der Waals surface area contributed by atoms with Crippen LogP contribution in [0.2, 0.25) is 5.02 Å². The van der Waals surface area contributed by atoms with Gasteiger partial charge in [-0.2, -0.15) is 5.10 Å². The van der Waals surface area contributed by atoms with Gasteiger partial charge >= 0.3 is 0 Å². The van der Waals surface area contributed by atoms with E-state index in [0.29, 0.717) is 22.7 Å². The summed E-state index contributed by atoms with van der Waals surface area (Å²) >= 11 is 5.92. The molecule has 1 aliphatic rings. The first-order chi connectivity index (χ1) is 14.7. The maximum Gasteiger partial charge on any atom is 0.282 e. The topological polar surface area (TPSA) is 133 Å². The molecule has 0 aliphatic carbocycles. The summed E-state index contributed by atoms with van der Waals surface area (Å²) in [4.78, 5) is 23.6. The van der Waals surface area contributed by atoms with E-state index >= 15 is 0 Å². The van der Waals surface area contributed by atoms with E-state index in [1.165, 1.54) is 23.9 Å². The molecule has 0 spiro atoms. The fraction of sp³-hybridized carbons (Fsp3) is 0.158. The molecule has 0 radical (unpaired) electrons. The van der Waals surface area contributed by atoms with E-state index < -0.39 is 26.4 Å². The van der Waals surface area contributed by atoms with Crippen LogP contribution >= 0.6 is 11.6 Å². The van der Waals surface area contributed by atoms with Crippen LogP contribution in [-0.4, -0.2) is 36.1 Å². The summed E-state index contributed by atoms with van der Waals surface area (Å²) in [6.07, 6.45) is 0. The van der Waals surface area contributed by atoms with Crippen molar-refractivity contribution in [2.45, 2.75) is 11.5 Å². The lowest BCUT2D eigenvalue weighted by molar-refractivity contribution is -0.385. The first-order valence-electron chi connectivity index (χ1n) is 8.89. The van der Waals surface area contributed by atoms with E-state index in [0.717, 1.165) is 6.07 Å². The molecule has 0 atom stereocenters. The second kappa shape index (κ2) is 7.67. The molecule has 1 amide bonds. The van der Waals surface area contributed by atoms with Gasteiger partial charge in [0.1, 0.15) is 17.1 Å². The van der Waals surface area contributed by atoms with Crippen LogP contribution in [0.3, 0.4) is 0 Å². The third-order valence-electron chi connectivity index (χ3n) is 4.74. The number of anilines is 1. The molecule has 4 rings (SSSR count). The van der Waals surface area contributed by atoms with Crippen molar-refractivity contribution in [2.75, 3.05) is 12.4 Å². The van der Waals surface area contributed by atoms with E-state index in [9.17, 15) is 23.3 Å². The highest BCUT2D eigenvalue weighted by Gasteiger charge is 2.34. The van der Waals surface area contributed by atoms with Gasteiger partial charge in [0.2, 0.25) is 0 Å². The Hall–Kier alpha value is -3.44. The predicted molar refractivity (Wildman–Crippen MR) is 113 cm³/mol. The summed E-state index contributed by atoms with van der Waals surface area (Å²) in [7, 11) is -1.88. The number of fused-ring (bicyclic) bond motifs is 1. The minimum Gasteiger partial charge on any atom is -0.497 e. The second-order valence-electron chi connectivity index (χ2n) is 6.79. The lowest BCUT2D eigenvalue weighted by Crippen LogP contribution is -2.18. The standard InChI is InChI=1S/C19H15ClN4O6S/c1-30-13-5-3-12(4-6-13)23-18(15-9-31(28,29)10-16(15)22-23)21-19(25)14-8-11(20)2-7-17(14)24(26)27/h2-8H,9-10H2,1H3,(H,21,25). The van der Waals surface area contributed by atoms with Gasteiger partial charge in [0, 0.05) is 16.7 Å². The molecule has 10 nitrogen and oxygen atoms in total. The van der Waals surface area contributed by atoms with Gasteiger partial charge in [-0.05, 0) is 36.4 Å². The van der Waals surface area contributed by atoms with Crippen LogP contribution in [0.15, 0.2) is 42.5 Å². The van der Waals surface area contributed by atoms with Crippen LogP contribution in [-0.2, 0) is 21.3 Å². The molecule has 3 aromatic rings. The highest BCUT2D eigenvalue weighted by molar-refractivity contribution is 7.90. The molecule has 1 N–H and O–H groups in total. The number of amides is 1. The Kier molecular flexibility index (Phi) is 5.15. The number of hydrogen-bond acceptors (Lipinski definition) is 7. The Bertz CT molecular complexity index is 1320. The van der Waals surface area contributed by atoms with Gasteiger partial charge in [0.05, 0.1) is 34.9 Å². The average Bonchev–Trinajstić information content (AvgIpc) is 3.20. The number of carbonyl (C=O) groups excluding carboxylic acids is 1. The van der Waals surface area contributed by atoms with Gasteiger partial charge in [-0.15, -0.1) is 0 Å². The van der Waals surface area contributed by atoms with Crippen molar-refractivity contribution in [3.63, 3.8) is 0 Å². The van der Waals surface area contributed by atoms with E-state index in [4.69, 9.17) is 16.3 Å². The molecule has 0 saturated carbocycles. The first kappa shape index (κ1) is 20.8. The minimum absolute atomic E-state index is 0.125. The number of benzene rings is 2. The fourth-order valence-electron chi connectivity index (χ4n) is 3.31. The van der Waals surface area contributed by atoms with E-state index in [-0.39, 0.29) is 27.9 Å². The van der Waals surface area contributed by atoms with Crippen molar-refractivity contribution in [1.82, 2.24) is 9.78 Å². The van der Waals surface area contributed by atoms with Gasteiger partial charge in [-0.1, -0.05) is 11.6 Å². The molecule has 31 heavy (non-hydrogen) atoms. The number of carbonyl (C=O) groups is 1. The molecule has 2 heterocycles. The quantitative estimate of drug-likeness (QED) is 0.454. The molecular formula is C19H15ClN4O6S. The number of nitrogens with one attached hydrogen (secondary N) is 1. The zero-order valence-corrected chi connectivity index (χ0v) is 17.6. The number of nitro groups is 1. The largest absolute Gasteiger partial charge is 0.497 e. The number of hydrogen-bond donors (Lipinski definition) is 1. The summed E-state index contributed by atoms with van der Waals surface area (Å²) < 4.78 is 30.7. The highest BCUT2D eigenvalue weighted by Crippen LogP contribution is 2.34. The molecule has 2 aromatic carbocycles. The Balaban J connectivity index is 1.80. The van der Waals surface area contributed by atoms with E-state index in [1.54, 1.807) is 24.3 Å². The summed E-state index contributed by atoms with van der Waals surface area (Å²) in [6.45, 7) is 0. The summed E-state index contributed by atoms with van der Waals surface area (Å²) in [5, 5.41) is 18.4. The number of sulfone groups is 1. The molecule has 0 unspecified atom stereocenters. The molecule has 0 bridgehead atoms. The number of nitrogens with zero attached hydrogens (tertiary/aromatic N) is 3. The molecule has 160 valence electrons. The van der Waals surface area contributed by atoms with Gasteiger partial charge in [-0.3, -0.25) is 14.9 Å². The Morgan fingerprint density at radius 2 is 1.94 bits per heavy atom. The van der Waals surface area contributed by atoms with Crippen LogP contribution in [0, 0.1) is 10.1 Å². The summed E-state index contributed by atoms with van der Waals surface area (Å²) in [6, 6.07) is 10.4. The van der Waals surface area contributed by atoms with Gasteiger partial charge < -0.3 is 10.1 Å². The van der Waals surface area contributed by atoms with Gasteiger partial charge in [0.25, 0.3) is 11.6 Å². The van der Waals surface area contributed by atoms with Crippen molar-refractivity contribution in [3.8, 4) is 11.4 Å². The minimum atomic E-state index is -3.40. The number of halogens is 1. The number of aromatic nitrogens is 2. The predicted octanol–water partition coefficient (Wildman–Crippen LogP) is 3.12. The maximum absolute atomic E-state index is 12.9. The third kappa shape index (κ3) is 3.97. The van der Waals surface area contributed by atoms with Crippen molar-refractivity contribution >= 4 is 38.9 Å². The molecule has 1 aromatic heterocycles. The number of rotatable bonds is 5. The number of ether oxygens (including phenoxy) is 1. The molecule has 0 fully saturated rings. The Labute approximate surface area is 181 Å². The van der Waals surface area contributed by atoms with Crippen molar-refractivity contribution < 1.29 is 22.9 Å². The van der Waals surface area contributed by atoms with Crippen LogP contribution in [0.4, 0.5) is 11.5 Å². The van der Waals surface area contributed by atoms with Crippen molar-refractivity contribution in [3.05, 3.63) is 74.4 Å². The van der Waals surface area contributed by atoms with E-state index in [2.05, 4.69) is 10.4 Å². The fourth-order valence-corrected chi connectivity index (χ4v) is 4.97. The smallest absolute Gasteiger partial charge is 0.282 e. The number of nitro benzene ring substituents is 1. The van der Waals surface area contributed by atoms with Crippen LogP contribution in [0.25, 0.3) is 5.69 Å².